The van der Waals surface area contributed by atoms with Gasteiger partial charge in [-0.2, -0.15) is 0 Å². The van der Waals surface area contributed by atoms with E-state index in [4.69, 9.17) is 10.5 Å². The molecule has 1 aliphatic heterocycles. The van der Waals surface area contributed by atoms with E-state index >= 15 is 0 Å². The Hall–Kier alpha value is -1.52. The monoisotopic (exact) mass is 302 g/mol. The van der Waals surface area contributed by atoms with E-state index in [1.807, 2.05) is 24.3 Å². The van der Waals surface area contributed by atoms with Gasteiger partial charge >= 0.3 is 0 Å². The molecule has 3 nitrogen and oxygen atoms in total. The Morgan fingerprint density at radius 2 is 2.19 bits per heavy atom. The molecule has 0 saturated heterocycles. The molecule has 2 N–H and O–H groups in total. The van der Waals surface area contributed by atoms with Gasteiger partial charge in [0.25, 0.3) is 0 Å². The lowest BCUT2D eigenvalue weighted by Crippen LogP contribution is -2.34. The molecular formula is C17H22N2OS. The van der Waals surface area contributed by atoms with Gasteiger partial charge in [0.05, 0.1) is 13.2 Å². The molecule has 3 rings (SSSR count). The molecule has 2 unspecified atom stereocenters. The van der Waals surface area contributed by atoms with E-state index in [2.05, 4.69) is 35.4 Å². The highest BCUT2D eigenvalue weighted by molar-refractivity contribution is 7.10. The Morgan fingerprint density at radius 3 is 2.90 bits per heavy atom. The van der Waals surface area contributed by atoms with E-state index < -0.39 is 0 Å². The summed E-state index contributed by atoms with van der Waals surface area (Å²) in [5, 5.41) is 2.20. The van der Waals surface area contributed by atoms with Crippen molar-refractivity contribution in [1.29, 1.82) is 0 Å². The van der Waals surface area contributed by atoms with Crippen LogP contribution >= 0.6 is 11.3 Å². The van der Waals surface area contributed by atoms with Crippen molar-refractivity contribution in [3.8, 4) is 5.75 Å². The summed E-state index contributed by atoms with van der Waals surface area (Å²) in [5.41, 5.74) is 9.97. The number of fused-ring (bicyclic) bond motifs is 1. The van der Waals surface area contributed by atoms with Gasteiger partial charge in [-0.3, -0.25) is 0 Å². The highest BCUT2D eigenvalue weighted by Gasteiger charge is 2.28. The lowest BCUT2D eigenvalue weighted by molar-refractivity contribution is 0.406. The predicted octanol–water partition coefficient (Wildman–Crippen LogP) is 3.90. The van der Waals surface area contributed by atoms with Gasteiger partial charge < -0.3 is 15.4 Å². The summed E-state index contributed by atoms with van der Waals surface area (Å²) in [4.78, 5) is 3.97. The standard InChI is InChI=1S/C17H22N2OS/c1-11(18)17-14(5-4-6-15(17)20-3)19-9-7-16-13(12(19)2)8-10-21-16/h4-6,8,10-12H,7,9,18H2,1-3H3. The maximum atomic E-state index is 6.21. The highest BCUT2D eigenvalue weighted by Crippen LogP contribution is 2.41. The van der Waals surface area contributed by atoms with Crippen LogP contribution in [0.3, 0.4) is 0 Å². The largest absolute Gasteiger partial charge is 0.496 e. The van der Waals surface area contributed by atoms with Gasteiger partial charge in [-0.15, -0.1) is 11.3 Å². The first kappa shape index (κ1) is 14.4. The molecule has 0 saturated carbocycles. The number of nitrogens with two attached hydrogens (primary N) is 1. The number of benzene rings is 1. The topological polar surface area (TPSA) is 38.5 Å². The van der Waals surface area contributed by atoms with Crippen molar-refractivity contribution in [2.24, 2.45) is 5.73 Å². The average Bonchev–Trinajstić information content (AvgIpc) is 2.96. The van der Waals surface area contributed by atoms with Gasteiger partial charge in [0.2, 0.25) is 0 Å². The molecule has 21 heavy (non-hydrogen) atoms. The highest BCUT2D eigenvalue weighted by atomic mass is 32.1. The second kappa shape index (κ2) is 5.70. The Bertz CT molecular complexity index is 635. The van der Waals surface area contributed by atoms with Crippen LogP contribution in [0, 0.1) is 0 Å². The van der Waals surface area contributed by atoms with Gasteiger partial charge in [0.1, 0.15) is 5.75 Å². The van der Waals surface area contributed by atoms with Crippen molar-refractivity contribution >= 4 is 17.0 Å². The lowest BCUT2D eigenvalue weighted by atomic mass is 9.97. The Balaban J connectivity index is 2.05. The molecule has 0 fully saturated rings. The number of hydrogen-bond donors (Lipinski definition) is 1. The summed E-state index contributed by atoms with van der Waals surface area (Å²) < 4.78 is 5.52. The van der Waals surface area contributed by atoms with Gasteiger partial charge in [-0.05, 0) is 49.4 Å². The zero-order chi connectivity index (χ0) is 15.0. The first-order valence-electron chi connectivity index (χ1n) is 7.39. The first-order chi connectivity index (χ1) is 10.1. The molecule has 0 spiro atoms. The third-order valence-electron chi connectivity index (χ3n) is 4.31. The van der Waals surface area contributed by atoms with Crippen LogP contribution in [0.25, 0.3) is 0 Å². The van der Waals surface area contributed by atoms with Crippen LogP contribution in [-0.2, 0) is 6.42 Å². The summed E-state index contributed by atoms with van der Waals surface area (Å²) in [6.07, 6.45) is 1.10. The van der Waals surface area contributed by atoms with Crippen molar-refractivity contribution in [2.45, 2.75) is 32.4 Å². The van der Waals surface area contributed by atoms with Crippen molar-refractivity contribution in [3.05, 3.63) is 45.6 Å². The van der Waals surface area contributed by atoms with Gasteiger partial charge in [-0.1, -0.05) is 6.07 Å². The van der Waals surface area contributed by atoms with Crippen LogP contribution in [0.15, 0.2) is 29.6 Å². The van der Waals surface area contributed by atoms with Crippen LogP contribution in [0.4, 0.5) is 5.69 Å². The number of methoxy groups -OCH3 is 1. The summed E-state index contributed by atoms with van der Waals surface area (Å²) >= 11 is 1.87. The van der Waals surface area contributed by atoms with Crippen molar-refractivity contribution in [1.82, 2.24) is 0 Å². The molecule has 2 aromatic rings. The molecule has 0 bridgehead atoms. The summed E-state index contributed by atoms with van der Waals surface area (Å²) in [5.74, 6) is 0.880. The second-order valence-electron chi connectivity index (χ2n) is 5.60. The fraction of sp³-hybridized carbons (Fsp3) is 0.412. The molecule has 0 amide bonds. The fourth-order valence-corrected chi connectivity index (χ4v) is 4.22. The molecule has 1 aromatic carbocycles. The van der Waals surface area contributed by atoms with Crippen LogP contribution in [-0.4, -0.2) is 13.7 Å². The Kier molecular flexibility index (Phi) is 3.91. The molecular weight excluding hydrogens is 280 g/mol. The number of anilines is 1. The van der Waals surface area contributed by atoms with E-state index in [0.717, 1.165) is 24.3 Å². The number of rotatable bonds is 3. The molecule has 2 heterocycles. The quantitative estimate of drug-likeness (QED) is 0.934. The molecule has 112 valence electrons. The zero-order valence-corrected chi connectivity index (χ0v) is 13.6. The Morgan fingerprint density at radius 1 is 1.38 bits per heavy atom. The van der Waals surface area contributed by atoms with E-state index in [0.29, 0.717) is 6.04 Å². The van der Waals surface area contributed by atoms with Crippen LogP contribution in [0.1, 0.15) is 41.9 Å². The molecule has 2 atom stereocenters. The van der Waals surface area contributed by atoms with Gasteiger partial charge in [0, 0.05) is 28.7 Å². The van der Waals surface area contributed by atoms with E-state index in [-0.39, 0.29) is 6.04 Å². The third kappa shape index (κ3) is 2.43. The zero-order valence-electron chi connectivity index (χ0n) is 12.8. The van der Waals surface area contributed by atoms with Crippen molar-refractivity contribution in [2.75, 3.05) is 18.6 Å². The fourth-order valence-electron chi connectivity index (χ4n) is 3.26. The van der Waals surface area contributed by atoms with Gasteiger partial charge in [0.15, 0.2) is 0 Å². The number of thiophene rings is 1. The normalized spacial score (nSPS) is 19.2. The smallest absolute Gasteiger partial charge is 0.125 e. The van der Waals surface area contributed by atoms with Crippen LogP contribution in [0.2, 0.25) is 0 Å². The number of nitrogens with zero attached hydrogens (tertiary/aromatic N) is 1. The third-order valence-corrected chi connectivity index (χ3v) is 5.30. The maximum Gasteiger partial charge on any atom is 0.125 e. The second-order valence-corrected chi connectivity index (χ2v) is 6.60. The van der Waals surface area contributed by atoms with E-state index in [9.17, 15) is 0 Å². The first-order valence-corrected chi connectivity index (χ1v) is 8.26. The minimum Gasteiger partial charge on any atom is -0.496 e. The van der Waals surface area contributed by atoms with Gasteiger partial charge in [-0.25, -0.2) is 0 Å². The number of ether oxygens (including phenoxy) is 1. The average molecular weight is 302 g/mol. The molecule has 4 heteroatoms. The molecule has 1 aromatic heterocycles. The molecule has 0 aliphatic carbocycles. The molecule has 0 radical (unpaired) electrons. The minimum atomic E-state index is -0.0489. The summed E-state index contributed by atoms with van der Waals surface area (Å²) in [7, 11) is 1.71. The Labute approximate surface area is 130 Å². The van der Waals surface area contributed by atoms with Crippen molar-refractivity contribution < 1.29 is 4.74 Å². The van der Waals surface area contributed by atoms with E-state index in [1.54, 1.807) is 7.11 Å². The number of hydrogen-bond acceptors (Lipinski definition) is 4. The minimum absolute atomic E-state index is 0.0489. The van der Waals surface area contributed by atoms with Crippen molar-refractivity contribution in [3.63, 3.8) is 0 Å². The lowest BCUT2D eigenvalue weighted by Gasteiger charge is -2.37. The SMILES string of the molecule is COc1cccc(N2CCc3sccc3C2C)c1C(C)N. The predicted molar refractivity (Wildman–Crippen MR) is 89.4 cm³/mol. The summed E-state index contributed by atoms with van der Waals surface area (Å²) in [6.45, 7) is 5.32. The maximum absolute atomic E-state index is 6.21. The molecule has 1 aliphatic rings. The van der Waals surface area contributed by atoms with E-state index in [1.165, 1.54) is 16.1 Å². The van der Waals surface area contributed by atoms with Crippen LogP contribution in [0.5, 0.6) is 5.75 Å². The summed E-state index contributed by atoms with van der Waals surface area (Å²) in [6, 6.07) is 8.79. The van der Waals surface area contributed by atoms with Crippen LogP contribution < -0.4 is 15.4 Å².